The van der Waals surface area contributed by atoms with Crippen LogP contribution in [0.1, 0.15) is 5.56 Å². The maximum Gasteiger partial charge on any atom is 0.119 e. The SMILES string of the molecule is COc1ccc(NCCOc2ccc(Cl)c(C)c2)cc1. The molecule has 0 fully saturated rings. The Morgan fingerprint density at radius 2 is 1.75 bits per heavy atom. The van der Waals surface area contributed by atoms with Gasteiger partial charge in [0.05, 0.1) is 7.11 Å². The molecule has 0 aliphatic heterocycles. The standard InChI is InChI=1S/C16H18ClNO2/c1-12-11-15(7-8-16(12)17)20-10-9-18-13-3-5-14(19-2)6-4-13/h3-8,11,18H,9-10H2,1-2H3. The van der Waals surface area contributed by atoms with Crippen molar-refractivity contribution in [1.82, 2.24) is 0 Å². The lowest BCUT2D eigenvalue weighted by atomic mass is 10.2. The summed E-state index contributed by atoms with van der Waals surface area (Å²) in [6.07, 6.45) is 0. The Kier molecular flexibility index (Phi) is 5.13. The number of anilines is 1. The first-order chi connectivity index (χ1) is 9.69. The van der Waals surface area contributed by atoms with E-state index < -0.39 is 0 Å². The number of hydrogen-bond donors (Lipinski definition) is 1. The summed E-state index contributed by atoms with van der Waals surface area (Å²) in [4.78, 5) is 0. The van der Waals surface area contributed by atoms with Gasteiger partial charge in [0, 0.05) is 17.3 Å². The molecule has 20 heavy (non-hydrogen) atoms. The fourth-order valence-corrected chi connectivity index (χ4v) is 1.90. The van der Waals surface area contributed by atoms with Crippen LogP contribution in [0.15, 0.2) is 42.5 Å². The summed E-state index contributed by atoms with van der Waals surface area (Å²) in [6, 6.07) is 13.5. The largest absolute Gasteiger partial charge is 0.497 e. The Balaban J connectivity index is 1.76. The predicted molar refractivity (Wildman–Crippen MR) is 83.2 cm³/mol. The minimum Gasteiger partial charge on any atom is -0.497 e. The van der Waals surface area contributed by atoms with Gasteiger partial charge in [-0.15, -0.1) is 0 Å². The lowest BCUT2D eigenvalue weighted by molar-refractivity contribution is 0.332. The zero-order valence-corrected chi connectivity index (χ0v) is 12.4. The third-order valence-corrected chi connectivity index (χ3v) is 3.34. The minimum atomic E-state index is 0.590. The van der Waals surface area contributed by atoms with Crippen LogP contribution in [0.25, 0.3) is 0 Å². The highest BCUT2D eigenvalue weighted by molar-refractivity contribution is 6.31. The van der Waals surface area contributed by atoms with Crippen molar-refractivity contribution in [3.8, 4) is 11.5 Å². The van der Waals surface area contributed by atoms with E-state index in [2.05, 4.69) is 5.32 Å². The van der Waals surface area contributed by atoms with E-state index in [9.17, 15) is 0 Å². The molecular formula is C16H18ClNO2. The van der Waals surface area contributed by atoms with Crippen molar-refractivity contribution in [1.29, 1.82) is 0 Å². The summed E-state index contributed by atoms with van der Waals surface area (Å²) >= 11 is 5.97. The summed E-state index contributed by atoms with van der Waals surface area (Å²) in [7, 11) is 1.66. The van der Waals surface area contributed by atoms with Gasteiger partial charge in [-0.3, -0.25) is 0 Å². The second-order valence-corrected chi connectivity index (χ2v) is 4.82. The van der Waals surface area contributed by atoms with Crippen molar-refractivity contribution < 1.29 is 9.47 Å². The molecule has 0 aliphatic carbocycles. The van der Waals surface area contributed by atoms with Crippen LogP contribution in [0.4, 0.5) is 5.69 Å². The molecule has 0 spiro atoms. The van der Waals surface area contributed by atoms with Crippen molar-refractivity contribution in [3.63, 3.8) is 0 Å². The highest BCUT2D eigenvalue weighted by Crippen LogP contribution is 2.21. The molecule has 0 amide bonds. The summed E-state index contributed by atoms with van der Waals surface area (Å²) in [5.41, 5.74) is 2.06. The van der Waals surface area contributed by atoms with Gasteiger partial charge in [0.15, 0.2) is 0 Å². The molecule has 0 radical (unpaired) electrons. The highest BCUT2D eigenvalue weighted by Gasteiger charge is 1.99. The zero-order chi connectivity index (χ0) is 14.4. The number of halogens is 1. The van der Waals surface area contributed by atoms with E-state index in [1.807, 2.05) is 49.4 Å². The third-order valence-electron chi connectivity index (χ3n) is 2.92. The van der Waals surface area contributed by atoms with E-state index in [0.29, 0.717) is 6.61 Å². The number of hydrogen-bond acceptors (Lipinski definition) is 3. The molecule has 106 valence electrons. The summed E-state index contributed by atoms with van der Waals surface area (Å²) in [5.74, 6) is 1.69. The molecule has 0 bridgehead atoms. The van der Waals surface area contributed by atoms with Crippen LogP contribution in [0.2, 0.25) is 5.02 Å². The summed E-state index contributed by atoms with van der Waals surface area (Å²) in [6.45, 7) is 3.28. The molecule has 2 aromatic rings. The van der Waals surface area contributed by atoms with Crippen molar-refractivity contribution >= 4 is 17.3 Å². The van der Waals surface area contributed by atoms with Gasteiger partial charge < -0.3 is 14.8 Å². The molecule has 0 aromatic heterocycles. The molecule has 2 rings (SSSR count). The van der Waals surface area contributed by atoms with Crippen LogP contribution in [-0.4, -0.2) is 20.3 Å². The quantitative estimate of drug-likeness (QED) is 0.811. The molecule has 4 heteroatoms. The number of ether oxygens (including phenoxy) is 2. The van der Waals surface area contributed by atoms with Gasteiger partial charge in [-0.05, 0) is 55.0 Å². The van der Waals surface area contributed by atoms with Crippen LogP contribution < -0.4 is 14.8 Å². The first kappa shape index (κ1) is 14.5. The van der Waals surface area contributed by atoms with E-state index >= 15 is 0 Å². The number of rotatable bonds is 6. The van der Waals surface area contributed by atoms with Crippen LogP contribution in [-0.2, 0) is 0 Å². The predicted octanol–water partition coefficient (Wildman–Crippen LogP) is 4.15. The molecule has 3 nitrogen and oxygen atoms in total. The van der Waals surface area contributed by atoms with Gasteiger partial charge in [-0.2, -0.15) is 0 Å². The monoisotopic (exact) mass is 291 g/mol. The fourth-order valence-electron chi connectivity index (χ4n) is 1.78. The van der Waals surface area contributed by atoms with Crippen LogP contribution >= 0.6 is 11.6 Å². The fraction of sp³-hybridized carbons (Fsp3) is 0.250. The Morgan fingerprint density at radius 1 is 1.05 bits per heavy atom. The molecule has 0 unspecified atom stereocenters. The van der Waals surface area contributed by atoms with Crippen LogP contribution in [0.3, 0.4) is 0 Å². The molecule has 0 atom stereocenters. The highest BCUT2D eigenvalue weighted by atomic mass is 35.5. The minimum absolute atomic E-state index is 0.590. The maximum atomic E-state index is 5.97. The molecule has 0 aliphatic rings. The van der Waals surface area contributed by atoms with E-state index in [0.717, 1.165) is 34.3 Å². The first-order valence-electron chi connectivity index (χ1n) is 6.46. The van der Waals surface area contributed by atoms with Crippen molar-refractivity contribution in [2.45, 2.75) is 6.92 Å². The third kappa shape index (κ3) is 4.07. The Morgan fingerprint density at radius 3 is 2.40 bits per heavy atom. The van der Waals surface area contributed by atoms with E-state index in [1.54, 1.807) is 7.11 Å². The molecule has 0 saturated carbocycles. The van der Waals surface area contributed by atoms with Crippen molar-refractivity contribution in [2.75, 3.05) is 25.6 Å². The van der Waals surface area contributed by atoms with Gasteiger partial charge in [0.25, 0.3) is 0 Å². The lowest BCUT2D eigenvalue weighted by Gasteiger charge is -2.10. The van der Waals surface area contributed by atoms with Gasteiger partial charge in [-0.25, -0.2) is 0 Å². The Labute approximate surface area is 124 Å². The molecule has 0 heterocycles. The number of nitrogens with one attached hydrogen (secondary N) is 1. The second-order valence-electron chi connectivity index (χ2n) is 4.41. The number of methoxy groups -OCH3 is 1. The van der Waals surface area contributed by atoms with Gasteiger partial charge >= 0.3 is 0 Å². The van der Waals surface area contributed by atoms with Gasteiger partial charge in [0.1, 0.15) is 18.1 Å². The number of aryl methyl sites for hydroxylation is 1. The van der Waals surface area contributed by atoms with Crippen LogP contribution in [0.5, 0.6) is 11.5 Å². The van der Waals surface area contributed by atoms with Gasteiger partial charge in [-0.1, -0.05) is 11.6 Å². The van der Waals surface area contributed by atoms with E-state index in [1.165, 1.54) is 0 Å². The van der Waals surface area contributed by atoms with Crippen LogP contribution in [0, 0.1) is 6.92 Å². The molecule has 0 saturated heterocycles. The topological polar surface area (TPSA) is 30.5 Å². The van der Waals surface area contributed by atoms with E-state index in [4.69, 9.17) is 21.1 Å². The maximum absolute atomic E-state index is 5.97. The first-order valence-corrected chi connectivity index (χ1v) is 6.84. The zero-order valence-electron chi connectivity index (χ0n) is 11.7. The Bertz CT molecular complexity index is 555. The molecule has 2 aromatic carbocycles. The van der Waals surface area contributed by atoms with E-state index in [-0.39, 0.29) is 0 Å². The average Bonchev–Trinajstić information content (AvgIpc) is 2.48. The Hall–Kier alpha value is -1.87. The summed E-state index contributed by atoms with van der Waals surface area (Å²) < 4.78 is 10.8. The average molecular weight is 292 g/mol. The lowest BCUT2D eigenvalue weighted by Crippen LogP contribution is -2.11. The molecule has 1 N–H and O–H groups in total. The van der Waals surface area contributed by atoms with Gasteiger partial charge in [0.2, 0.25) is 0 Å². The second kappa shape index (κ2) is 7.06. The van der Waals surface area contributed by atoms with Crippen molar-refractivity contribution in [2.24, 2.45) is 0 Å². The van der Waals surface area contributed by atoms with Crippen molar-refractivity contribution in [3.05, 3.63) is 53.1 Å². The number of benzene rings is 2. The smallest absolute Gasteiger partial charge is 0.119 e. The normalized spacial score (nSPS) is 10.2. The molecular weight excluding hydrogens is 274 g/mol. The summed E-state index contributed by atoms with van der Waals surface area (Å²) in [5, 5.41) is 4.04.